The van der Waals surface area contributed by atoms with Crippen LogP contribution in [-0.4, -0.2) is 24.0 Å². The van der Waals surface area contributed by atoms with Crippen molar-refractivity contribution in [2.24, 2.45) is 10.7 Å². The summed E-state index contributed by atoms with van der Waals surface area (Å²) in [6.45, 7) is 3.36. The zero-order valence-corrected chi connectivity index (χ0v) is 16.9. The molecule has 152 valence electrons. The zero-order chi connectivity index (χ0) is 21.4. The first-order chi connectivity index (χ1) is 13.5. The van der Waals surface area contributed by atoms with Gasteiger partial charge in [0.15, 0.2) is 5.54 Å². The lowest BCUT2D eigenvalue weighted by molar-refractivity contribution is -0.214. The Labute approximate surface area is 172 Å². The molecule has 2 aromatic rings. The van der Waals surface area contributed by atoms with Crippen LogP contribution in [0.3, 0.4) is 0 Å². The van der Waals surface area contributed by atoms with Gasteiger partial charge in [-0.05, 0) is 57.2 Å². The molecule has 1 unspecified atom stereocenters. The molecule has 3 nitrogen and oxygen atoms in total. The van der Waals surface area contributed by atoms with Crippen LogP contribution < -0.4 is 5.73 Å². The largest absolute Gasteiger partial charge is 0.385 e. The molecule has 0 bridgehead atoms. The fourth-order valence-corrected chi connectivity index (χ4v) is 3.43. The van der Waals surface area contributed by atoms with Crippen LogP contribution in [0.5, 0.6) is 0 Å². The van der Waals surface area contributed by atoms with Crippen LogP contribution in [0.25, 0.3) is 0 Å². The Kier molecular flexibility index (Phi) is 5.42. The lowest BCUT2D eigenvalue weighted by Gasteiger charge is -2.41. The number of nitrogens with two attached hydrogens (primary N) is 1. The summed E-state index contributed by atoms with van der Waals surface area (Å²) in [6.07, 6.45) is 0. The highest BCUT2D eigenvalue weighted by atomic mass is 35.5. The molecular formula is C22H20ClF3N2O. The number of ether oxygens (including phenoxy) is 1. The van der Waals surface area contributed by atoms with Gasteiger partial charge in [-0.25, -0.2) is 13.2 Å². The minimum absolute atomic E-state index is 0.132. The number of rotatable bonds is 1. The number of benzene rings is 2. The molecule has 0 saturated carbocycles. The van der Waals surface area contributed by atoms with Crippen molar-refractivity contribution >= 4 is 17.4 Å². The van der Waals surface area contributed by atoms with Gasteiger partial charge in [0, 0.05) is 21.7 Å². The molecule has 2 N–H and O–H groups in total. The molecule has 0 amide bonds. The van der Waals surface area contributed by atoms with Crippen LogP contribution in [-0.2, 0) is 10.3 Å². The highest BCUT2D eigenvalue weighted by Crippen LogP contribution is 2.50. The number of halogens is 4. The molecule has 7 heteroatoms. The van der Waals surface area contributed by atoms with Gasteiger partial charge in [0.2, 0.25) is 0 Å². The van der Waals surface area contributed by atoms with Gasteiger partial charge in [0.1, 0.15) is 23.9 Å². The molecule has 0 saturated heterocycles. The predicted molar refractivity (Wildman–Crippen MR) is 108 cm³/mol. The summed E-state index contributed by atoms with van der Waals surface area (Å²) >= 11 is 5.94. The Bertz CT molecular complexity index is 1040. The van der Waals surface area contributed by atoms with Crippen LogP contribution in [0, 0.1) is 17.7 Å². The van der Waals surface area contributed by atoms with Crippen molar-refractivity contribution in [3.8, 4) is 11.8 Å². The topological polar surface area (TPSA) is 47.6 Å². The van der Waals surface area contributed by atoms with Crippen LogP contribution in [0.2, 0.25) is 5.02 Å². The summed E-state index contributed by atoms with van der Waals surface area (Å²) in [7, 11) is 0. The second-order valence-electron chi connectivity index (χ2n) is 7.50. The molecule has 0 radical (unpaired) electrons. The van der Waals surface area contributed by atoms with E-state index in [1.807, 2.05) is 0 Å². The summed E-state index contributed by atoms with van der Waals surface area (Å²) in [5.74, 6) is 1.24. The molecule has 2 aromatic carbocycles. The van der Waals surface area contributed by atoms with Gasteiger partial charge in [-0.1, -0.05) is 29.5 Å². The van der Waals surface area contributed by atoms with E-state index in [1.54, 1.807) is 24.3 Å². The Morgan fingerprint density at radius 3 is 2.38 bits per heavy atom. The van der Waals surface area contributed by atoms with Gasteiger partial charge >= 0.3 is 5.92 Å². The van der Waals surface area contributed by atoms with Crippen molar-refractivity contribution in [1.82, 2.24) is 0 Å². The molecule has 0 aliphatic carbocycles. The molecule has 1 aliphatic rings. The Morgan fingerprint density at radius 2 is 1.72 bits per heavy atom. The first-order valence-electron chi connectivity index (χ1n) is 8.90. The van der Waals surface area contributed by atoms with Gasteiger partial charge in [-0.15, -0.1) is 0 Å². The van der Waals surface area contributed by atoms with Gasteiger partial charge in [0.25, 0.3) is 0 Å². The van der Waals surface area contributed by atoms with Gasteiger partial charge in [-0.2, -0.15) is 0 Å². The fourth-order valence-electron chi connectivity index (χ4n) is 3.24. The Hall–Kier alpha value is -2.49. The lowest BCUT2D eigenvalue weighted by Crippen LogP contribution is -2.56. The number of amidine groups is 1. The van der Waals surface area contributed by atoms with Gasteiger partial charge in [0.05, 0.1) is 0 Å². The summed E-state index contributed by atoms with van der Waals surface area (Å²) in [6, 6.07) is 10.7. The third-order valence-electron chi connectivity index (χ3n) is 4.98. The van der Waals surface area contributed by atoms with E-state index < -0.39 is 22.9 Å². The average molecular weight is 421 g/mol. The fraction of sp³-hybridized carbons (Fsp3) is 0.318. The zero-order valence-electron chi connectivity index (χ0n) is 16.2. The van der Waals surface area contributed by atoms with Crippen molar-refractivity contribution in [3.63, 3.8) is 0 Å². The summed E-state index contributed by atoms with van der Waals surface area (Å²) in [4.78, 5) is 3.97. The van der Waals surface area contributed by atoms with Crippen molar-refractivity contribution in [3.05, 3.63) is 70.0 Å². The van der Waals surface area contributed by atoms with Crippen LogP contribution >= 0.6 is 11.6 Å². The van der Waals surface area contributed by atoms with E-state index in [4.69, 9.17) is 22.1 Å². The third-order valence-corrected chi connectivity index (χ3v) is 5.22. The van der Waals surface area contributed by atoms with Gasteiger partial charge < -0.3 is 10.5 Å². The second-order valence-corrected chi connectivity index (χ2v) is 7.94. The van der Waals surface area contributed by atoms with Crippen molar-refractivity contribution in [2.45, 2.75) is 37.8 Å². The normalized spacial score (nSPS) is 22.8. The summed E-state index contributed by atoms with van der Waals surface area (Å²) in [5, 5.41) is 0.522. The second kappa shape index (κ2) is 7.40. The van der Waals surface area contributed by atoms with E-state index in [1.165, 1.54) is 26.0 Å². The Morgan fingerprint density at radius 1 is 1.07 bits per heavy atom. The highest BCUT2D eigenvalue weighted by molar-refractivity contribution is 6.30. The minimum Gasteiger partial charge on any atom is -0.385 e. The standard InChI is InChI=1S/C22H20ClF3N2O/c1-20(2)22(25,26)21(3,28-19(27)13-29-20)17-12-15(9-10-18(17)24)8-7-14-5-4-6-16(23)11-14/h4-6,9-12H,13H2,1-3H3,(H2,27,28). The first-order valence-corrected chi connectivity index (χ1v) is 9.28. The highest BCUT2D eigenvalue weighted by Gasteiger charge is 2.63. The lowest BCUT2D eigenvalue weighted by atomic mass is 9.77. The molecule has 29 heavy (non-hydrogen) atoms. The van der Waals surface area contributed by atoms with E-state index in [0.717, 1.165) is 13.0 Å². The molecule has 1 atom stereocenters. The van der Waals surface area contributed by atoms with Gasteiger partial charge in [-0.3, -0.25) is 4.99 Å². The third kappa shape index (κ3) is 3.85. The SMILES string of the molecule is CC1(C)OCC(N)=NC(C)(c2cc(C#Cc3cccc(Cl)c3)ccc2F)C1(F)F. The number of alkyl halides is 2. The van der Waals surface area contributed by atoms with E-state index in [2.05, 4.69) is 16.8 Å². The summed E-state index contributed by atoms with van der Waals surface area (Å²) in [5.41, 5.74) is 2.27. The maximum absolute atomic E-state index is 15.5. The van der Waals surface area contributed by atoms with Crippen molar-refractivity contribution in [2.75, 3.05) is 6.61 Å². The van der Waals surface area contributed by atoms with E-state index >= 15 is 8.78 Å². The van der Waals surface area contributed by atoms with E-state index in [9.17, 15) is 4.39 Å². The predicted octanol–water partition coefficient (Wildman–Crippen LogP) is 4.90. The quantitative estimate of drug-likeness (QED) is 0.667. The molecule has 0 fully saturated rings. The number of nitrogens with zero attached hydrogens (tertiary/aromatic N) is 1. The molecular weight excluding hydrogens is 401 g/mol. The number of hydrogen-bond donors (Lipinski definition) is 1. The van der Waals surface area contributed by atoms with Crippen LogP contribution in [0.4, 0.5) is 13.2 Å². The molecule has 1 aliphatic heterocycles. The molecule has 0 spiro atoms. The summed E-state index contributed by atoms with van der Waals surface area (Å²) < 4.78 is 50.9. The average Bonchev–Trinajstić information content (AvgIpc) is 2.70. The van der Waals surface area contributed by atoms with E-state index in [0.29, 0.717) is 16.1 Å². The molecule has 1 heterocycles. The monoisotopic (exact) mass is 420 g/mol. The van der Waals surface area contributed by atoms with Crippen LogP contribution in [0.1, 0.15) is 37.5 Å². The number of aliphatic imine (C=N–C) groups is 1. The van der Waals surface area contributed by atoms with E-state index in [-0.39, 0.29) is 18.0 Å². The molecule has 0 aromatic heterocycles. The molecule has 3 rings (SSSR count). The first kappa shape index (κ1) is 21.2. The number of hydrogen-bond acceptors (Lipinski definition) is 3. The maximum Gasteiger partial charge on any atom is 0.304 e. The minimum atomic E-state index is -3.55. The Balaban J connectivity index is 2.13. The van der Waals surface area contributed by atoms with Crippen LogP contribution in [0.15, 0.2) is 47.5 Å². The van der Waals surface area contributed by atoms with Crippen molar-refractivity contribution < 1.29 is 17.9 Å². The van der Waals surface area contributed by atoms with Crippen molar-refractivity contribution in [1.29, 1.82) is 0 Å². The smallest absolute Gasteiger partial charge is 0.304 e. The maximum atomic E-state index is 15.5.